The van der Waals surface area contributed by atoms with Crippen molar-refractivity contribution < 1.29 is 14.3 Å². The largest absolute Gasteiger partial charge is 0.381 e. The highest BCUT2D eigenvalue weighted by Crippen LogP contribution is 2.24. The van der Waals surface area contributed by atoms with Gasteiger partial charge in [-0.15, -0.1) is 0 Å². The lowest BCUT2D eigenvalue weighted by atomic mass is 10.00. The predicted molar refractivity (Wildman–Crippen MR) is 97.0 cm³/mol. The summed E-state index contributed by atoms with van der Waals surface area (Å²) in [7, 11) is 1.83. The smallest absolute Gasteiger partial charge is 0.318 e. The van der Waals surface area contributed by atoms with Crippen LogP contribution in [0.2, 0.25) is 0 Å². The summed E-state index contributed by atoms with van der Waals surface area (Å²) in [6.07, 6.45) is 1.69. The zero-order valence-corrected chi connectivity index (χ0v) is 16.1. The van der Waals surface area contributed by atoms with Crippen LogP contribution in [0.25, 0.3) is 0 Å². The number of urea groups is 1. The van der Waals surface area contributed by atoms with Gasteiger partial charge in [-0.05, 0) is 39.7 Å². The van der Waals surface area contributed by atoms with Crippen LogP contribution in [0.1, 0.15) is 42.9 Å². The van der Waals surface area contributed by atoms with E-state index in [4.69, 9.17) is 4.74 Å². The van der Waals surface area contributed by atoms with E-state index < -0.39 is 0 Å². The number of nitrogens with one attached hydrogen (secondary N) is 1. The van der Waals surface area contributed by atoms with Gasteiger partial charge in [0.05, 0.1) is 6.04 Å². The van der Waals surface area contributed by atoms with Crippen molar-refractivity contribution in [2.75, 3.05) is 26.3 Å². The fraction of sp³-hybridized carbons (Fsp3) is 0.722. The Morgan fingerprint density at radius 1 is 1.27 bits per heavy atom. The maximum Gasteiger partial charge on any atom is 0.318 e. The number of nitrogens with zero attached hydrogens (tertiary/aromatic N) is 4. The molecular formula is C18H29N5O3. The van der Waals surface area contributed by atoms with Crippen molar-refractivity contribution >= 4 is 11.9 Å². The molecule has 1 N–H and O–H groups in total. The summed E-state index contributed by atoms with van der Waals surface area (Å²) >= 11 is 0. The summed E-state index contributed by atoms with van der Waals surface area (Å²) in [4.78, 5) is 29.0. The van der Waals surface area contributed by atoms with Gasteiger partial charge in [-0.2, -0.15) is 5.10 Å². The number of carbonyl (C=O) groups is 2. The first-order chi connectivity index (χ1) is 12.4. The topological polar surface area (TPSA) is 79.7 Å². The van der Waals surface area contributed by atoms with Crippen LogP contribution in [0.4, 0.5) is 4.79 Å². The zero-order chi connectivity index (χ0) is 18.8. The Bertz CT molecular complexity index is 640. The number of ether oxygens (including phenoxy) is 1. The number of hydrogen-bond acceptors (Lipinski definition) is 4. The van der Waals surface area contributed by atoms with Gasteiger partial charge in [0, 0.05) is 51.1 Å². The second-order valence-electron chi connectivity index (χ2n) is 7.51. The summed E-state index contributed by atoms with van der Waals surface area (Å²) in [5.41, 5.74) is 1.42. The minimum absolute atomic E-state index is 0.0438. The first-order valence-electron chi connectivity index (χ1n) is 9.33. The summed E-state index contributed by atoms with van der Waals surface area (Å²) in [5.74, 6) is -0.0684. The first kappa shape index (κ1) is 18.7. The van der Waals surface area contributed by atoms with Crippen LogP contribution in [-0.2, 0) is 11.8 Å². The third-order valence-electron chi connectivity index (χ3n) is 5.11. The van der Waals surface area contributed by atoms with Crippen LogP contribution in [0.15, 0.2) is 6.07 Å². The van der Waals surface area contributed by atoms with Crippen LogP contribution >= 0.6 is 0 Å². The molecule has 1 aromatic heterocycles. The van der Waals surface area contributed by atoms with Gasteiger partial charge in [0.1, 0.15) is 0 Å². The van der Waals surface area contributed by atoms with Crippen molar-refractivity contribution in [3.63, 3.8) is 0 Å². The Morgan fingerprint density at radius 2 is 1.92 bits per heavy atom. The van der Waals surface area contributed by atoms with E-state index >= 15 is 0 Å². The van der Waals surface area contributed by atoms with E-state index in [0.29, 0.717) is 32.0 Å². The Morgan fingerprint density at radius 3 is 2.46 bits per heavy atom. The number of aromatic nitrogens is 2. The third-order valence-corrected chi connectivity index (χ3v) is 5.11. The second-order valence-corrected chi connectivity index (χ2v) is 7.51. The van der Waals surface area contributed by atoms with Crippen molar-refractivity contribution in [1.82, 2.24) is 24.9 Å². The Balaban J connectivity index is 1.65. The molecule has 0 radical (unpaired) electrons. The third kappa shape index (κ3) is 3.85. The molecule has 0 saturated carbocycles. The van der Waals surface area contributed by atoms with Crippen molar-refractivity contribution in [1.29, 1.82) is 0 Å². The molecule has 8 nitrogen and oxygen atoms in total. The lowest BCUT2D eigenvalue weighted by Crippen LogP contribution is -2.66. The maximum atomic E-state index is 12.7. The van der Waals surface area contributed by atoms with Crippen molar-refractivity contribution in [3.8, 4) is 0 Å². The molecule has 1 aromatic rings. The maximum absolute atomic E-state index is 12.7. The first-order valence-corrected chi connectivity index (χ1v) is 9.33. The molecule has 2 saturated heterocycles. The van der Waals surface area contributed by atoms with E-state index in [1.54, 1.807) is 15.6 Å². The molecule has 0 bridgehead atoms. The van der Waals surface area contributed by atoms with Gasteiger partial charge in [0.2, 0.25) is 0 Å². The SMILES string of the molecule is Cc1cc(C(=O)N2CC(N(C(=O)NC(C)C)C3CCOCC3)C2)nn1C. The highest BCUT2D eigenvalue weighted by atomic mass is 16.5. The van der Waals surface area contributed by atoms with Gasteiger partial charge in [-0.3, -0.25) is 9.48 Å². The summed E-state index contributed by atoms with van der Waals surface area (Å²) in [6.45, 7) is 8.30. The minimum atomic E-state index is -0.0684. The van der Waals surface area contributed by atoms with Crippen molar-refractivity contribution in [3.05, 3.63) is 17.5 Å². The van der Waals surface area contributed by atoms with Gasteiger partial charge in [-0.25, -0.2) is 4.79 Å². The average Bonchev–Trinajstić information content (AvgIpc) is 2.89. The number of aryl methyl sites for hydroxylation is 2. The van der Waals surface area contributed by atoms with E-state index in [1.165, 1.54) is 0 Å². The molecular weight excluding hydrogens is 334 g/mol. The van der Waals surface area contributed by atoms with E-state index in [1.807, 2.05) is 32.7 Å². The van der Waals surface area contributed by atoms with E-state index in [0.717, 1.165) is 18.5 Å². The molecule has 2 fully saturated rings. The molecule has 8 heteroatoms. The Labute approximate surface area is 154 Å². The molecule has 144 valence electrons. The molecule has 2 aliphatic heterocycles. The molecule has 0 unspecified atom stereocenters. The van der Waals surface area contributed by atoms with Gasteiger partial charge < -0.3 is 19.9 Å². The molecule has 26 heavy (non-hydrogen) atoms. The van der Waals surface area contributed by atoms with Crippen molar-refractivity contribution in [2.45, 2.75) is 51.7 Å². The molecule has 0 atom stereocenters. The molecule has 0 aliphatic carbocycles. The van der Waals surface area contributed by atoms with Crippen LogP contribution in [0.3, 0.4) is 0 Å². The lowest BCUT2D eigenvalue weighted by molar-refractivity contribution is -0.00542. The molecule has 0 aromatic carbocycles. The molecule has 3 rings (SSSR count). The number of hydrogen-bond donors (Lipinski definition) is 1. The average molecular weight is 363 g/mol. The Hall–Kier alpha value is -2.09. The van der Waals surface area contributed by atoms with Crippen LogP contribution in [0, 0.1) is 6.92 Å². The normalized spacial score (nSPS) is 18.7. The monoisotopic (exact) mass is 363 g/mol. The summed E-state index contributed by atoms with van der Waals surface area (Å²) in [5, 5.41) is 7.27. The minimum Gasteiger partial charge on any atom is -0.381 e. The second kappa shape index (κ2) is 7.65. The van der Waals surface area contributed by atoms with E-state index in [9.17, 15) is 9.59 Å². The predicted octanol–water partition coefficient (Wildman–Crippen LogP) is 1.15. The quantitative estimate of drug-likeness (QED) is 0.870. The molecule has 3 amide bonds. The molecule has 3 heterocycles. The standard InChI is InChI=1S/C18H29N5O3/c1-12(2)19-18(25)23(14-5-7-26-8-6-14)15-10-22(11-15)17(24)16-9-13(3)21(4)20-16/h9,12,14-15H,5-8,10-11H2,1-4H3,(H,19,25). The summed E-state index contributed by atoms with van der Waals surface area (Å²) < 4.78 is 7.14. The number of rotatable bonds is 4. The van der Waals surface area contributed by atoms with E-state index in [2.05, 4.69) is 10.4 Å². The zero-order valence-electron chi connectivity index (χ0n) is 16.1. The molecule has 0 spiro atoms. The molecule has 2 aliphatic rings. The highest BCUT2D eigenvalue weighted by Gasteiger charge is 2.41. The lowest BCUT2D eigenvalue weighted by Gasteiger charge is -2.48. The fourth-order valence-corrected chi connectivity index (χ4v) is 3.54. The van der Waals surface area contributed by atoms with Crippen LogP contribution in [0.5, 0.6) is 0 Å². The van der Waals surface area contributed by atoms with Crippen molar-refractivity contribution in [2.24, 2.45) is 7.05 Å². The van der Waals surface area contributed by atoms with Gasteiger partial charge in [0.15, 0.2) is 5.69 Å². The number of carbonyl (C=O) groups excluding carboxylic acids is 2. The highest BCUT2D eigenvalue weighted by molar-refractivity contribution is 5.93. The Kier molecular flexibility index (Phi) is 5.50. The van der Waals surface area contributed by atoms with Gasteiger partial charge >= 0.3 is 6.03 Å². The van der Waals surface area contributed by atoms with Gasteiger partial charge in [-0.1, -0.05) is 0 Å². The van der Waals surface area contributed by atoms with Gasteiger partial charge in [0.25, 0.3) is 5.91 Å². The number of likely N-dealkylation sites (tertiary alicyclic amines) is 1. The fourth-order valence-electron chi connectivity index (χ4n) is 3.54. The summed E-state index contributed by atoms with van der Waals surface area (Å²) in [6, 6.07) is 2.06. The van der Waals surface area contributed by atoms with Crippen LogP contribution in [-0.4, -0.2) is 75.9 Å². The van der Waals surface area contributed by atoms with Crippen LogP contribution < -0.4 is 5.32 Å². The van der Waals surface area contributed by atoms with E-state index in [-0.39, 0.29) is 30.1 Å². The number of amides is 3.